The van der Waals surface area contributed by atoms with Crippen LogP contribution in [-0.2, 0) is 6.54 Å². The van der Waals surface area contributed by atoms with Gasteiger partial charge in [-0.3, -0.25) is 0 Å². The maximum atomic E-state index is 10.1. The monoisotopic (exact) mass is 306 g/mol. The molecule has 21 heavy (non-hydrogen) atoms. The Kier molecular flexibility index (Phi) is 5.45. The zero-order valence-electron chi connectivity index (χ0n) is 12.7. The fourth-order valence-corrected chi connectivity index (χ4v) is 2.97. The largest absolute Gasteiger partial charge is 0.494 e. The number of rotatable bonds is 7. The van der Waals surface area contributed by atoms with Crippen molar-refractivity contribution in [3.05, 3.63) is 36.0 Å². The Balaban J connectivity index is 2.06. The molecule has 0 aliphatic rings. The Labute approximate surface area is 129 Å². The minimum absolute atomic E-state index is 0.541. The van der Waals surface area contributed by atoms with E-state index in [9.17, 15) is 5.11 Å². The minimum atomic E-state index is -0.700. The van der Waals surface area contributed by atoms with Crippen molar-refractivity contribution >= 4 is 22.7 Å². The number of nitrogens with one attached hydrogen (secondary N) is 1. The first-order valence-corrected chi connectivity index (χ1v) is 8.30. The molecule has 0 saturated carbocycles. The van der Waals surface area contributed by atoms with Crippen LogP contribution in [-0.4, -0.2) is 41.4 Å². The van der Waals surface area contributed by atoms with Gasteiger partial charge in [-0.2, -0.15) is 11.8 Å². The average molecular weight is 306 g/mol. The Morgan fingerprint density at radius 1 is 1.33 bits per heavy atom. The fraction of sp³-hybridized carbons (Fsp3) is 0.438. The highest BCUT2D eigenvalue weighted by molar-refractivity contribution is 7.98. The van der Waals surface area contributed by atoms with E-state index in [0.717, 1.165) is 22.3 Å². The number of thioether (sulfide) groups is 1. The number of hydrogen-bond donors (Lipinski definition) is 2. The summed E-state index contributed by atoms with van der Waals surface area (Å²) in [6.45, 7) is 3.01. The summed E-state index contributed by atoms with van der Waals surface area (Å²) in [5.74, 6) is 1.49. The number of hydrogen-bond acceptors (Lipinski definition) is 5. The van der Waals surface area contributed by atoms with Crippen LogP contribution in [0.4, 0.5) is 0 Å². The van der Waals surface area contributed by atoms with Gasteiger partial charge in [-0.05, 0) is 25.3 Å². The predicted octanol–water partition coefficient (Wildman–Crippen LogP) is 2.45. The van der Waals surface area contributed by atoms with Gasteiger partial charge in [0, 0.05) is 24.2 Å². The second-order valence-electron chi connectivity index (χ2n) is 5.37. The van der Waals surface area contributed by atoms with E-state index in [1.54, 1.807) is 18.9 Å². The summed E-state index contributed by atoms with van der Waals surface area (Å²) in [6, 6.07) is 9.93. The van der Waals surface area contributed by atoms with Gasteiger partial charge in [-0.15, -0.1) is 0 Å². The van der Waals surface area contributed by atoms with Crippen LogP contribution in [0.2, 0.25) is 0 Å². The summed E-state index contributed by atoms with van der Waals surface area (Å²) in [5, 5.41) is 14.4. The molecule has 2 rings (SSSR count). The normalized spacial score (nSPS) is 14.1. The summed E-state index contributed by atoms with van der Waals surface area (Å²) in [5.41, 5.74) is 1.11. The molecule has 2 N–H and O–H groups in total. The number of aliphatic hydroxyl groups is 1. The molecule has 5 heteroatoms. The van der Waals surface area contributed by atoms with Crippen LogP contribution < -0.4 is 10.1 Å². The number of para-hydroxylation sites is 1. The molecule has 0 fully saturated rings. The zero-order valence-corrected chi connectivity index (χ0v) is 13.5. The van der Waals surface area contributed by atoms with E-state index < -0.39 is 5.60 Å². The molecule has 0 aliphatic carbocycles. The van der Waals surface area contributed by atoms with Crippen molar-refractivity contribution in [2.45, 2.75) is 19.1 Å². The van der Waals surface area contributed by atoms with Gasteiger partial charge in [0.05, 0.1) is 18.4 Å². The lowest BCUT2D eigenvalue weighted by Gasteiger charge is -2.22. The second kappa shape index (κ2) is 7.11. The van der Waals surface area contributed by atoms with Gasteiger partial charge in [0.15, 0.2) is 0 Å². The first kappa shape index (κ1) is 16.1. The Hall–Kier alpha value is -1.30. The third-order valence-corrected chi connectivity index (χ3v) is 4.14. The Morgan fingerprint density at radius 3 is 2.86 bits per heavy atom. The summed E-state index contributed by atoms with van der Waals surface area (Å²) in [6.07, 6.45) is 1.99. The van der Waals surface area contributed by atoms with Crippen molar-refractivity contribution < 1.29 is 9.84 Å². The summed E-state index contributed by atoms with van der Waals surface area (Å²) in [4.78, 5) is 4.64. The van der Waals surface area contributed by atoms with Crippen LogP contribution in [0.3, 0.4) is 0 Å². The molecule has 1 heterocycles. The van der Waals surface area contributed by atoms with Crippen LogP contribution >= 0.6 is 11.8 Å². The first-order valence-electron chi connectivity index (χ1n) is 6.90. The number of aromatic nitrogens is 1. The van der Waals surface area contributed by atoms with E-state index in [-0.39, 0.29) is 0 Å². The molecule has 0 radical (unpaired) electrons. The van der Waals surface area contributed by atoms with E-state index in [4.69, 9.17) is 4.74 Å². The van der Waals surface area contributed by atoms with Crippen LogP contribution in [0.5, 0.6) is 5.75 Å². The quantitative estimate of drug-likeness (QED) is 0.823. The molecule has 1 aromatic heterocycles. The number of fused-ring (bicyclic) bond motifs is 1. The van der Waals surface area contributed by atoms with E-state index >= 15 is 0 Å². The van der Waals surface area contributed by atoms with Gasteiger partial charge in [-0.25, -0.2) is 4.98 Å². The van der Waals surface area contributed by atoms with Crippen LogP contribution in [0.1, 0.15) is 12.6 Å². The highest BCUT2D eigenvalue weighted by atomic mass is 32.2. The molecule has 0 amide bonds. The summed E-state index contributed by atoms with van der Waals surface area (Å²) >= 11 is 1.64. The van der Waals surface area contributed by atoms with Gasteiger partial charge in [0.2, 0.25) is 0 Å². The topological polar surface area (TPSA) is 54.4 Å². The fourth-order valence-electron chi connectivity index (χ4n) is 2.25. The lowest BCUT2D eigenvalue weighted by atomic mass is 10.1. The number of pyridine rings is 1. The summed E-state index contributed by atoms with van der Waals surface area (Å²) in [7, 11) is 1.65. The highest BCUT2D eigenvalue weighted by Gasteiger charge is 2.18. The zero-order chi connectivity index (χ0) is 15.3. The lowest BCUT2D eigenvalue weighted by Crippen LogP contribution is -2.39. The minimum Gasteiger partial charge on any atom is -0.494 e. The van der Waals surface area contributed by atoms with Crippen molar-refractivity contribution in [3.63, 3.8) is 0 Å². The smallest absolute Gasteiger partial charge is 0.145 e. The molecule has 1 aromatic carbocycles. The number of benzene rings is 1. The van der Waals surface area contributed by atoms with Gasteiger partial charge in [-0.1, -0.05) is 18.2 Å². The van der Waals surface area contributed by atoms with Crippen molar-refractivity contribution in [2.75, 3.05) is 25.7 Å². The average Bonchev–Trinajstić information content (AvgIpc) is 2.46. The predicted molar refractivity (Wildman–Crippen MR) is 89.0 cm³/mol. The van der Waals surface area contributed by atoms with Gasteiger partial charge in [0.1, 0.15) is 11.3 Å². The van der Waals surface area contributed by atoms with Crippen molar-refractivity contribution in [1.29, 1.82) is 0 Å². The Morgan fingerprint density at radius 2 is 2.14 bits per heavy atom. The molecule has 0 spiro atoms. The molecule has 0 bridgehead atoms. The van der Waals surface area contributed by atoms with E-state index in [2.05, 4.69) is 10.3 Å². The van der Waals surface area contributed by atoms with Crippen LogP contribution in [0.15, 0.2) is 30.3 Å². The third kappa shape index (κ3) is 4.33. The molecular formula is C16H22N2O2S. The molecular weight excluding hydrogens is 284 g/mol. The Bertz CT molecular complexity index is 602. The maximum Gasteiger partial charge on any atom is 0.145 e. The second-order valence-corrected chi connectivity index (χ2v) is 6.23. The van der Waals surface area contributed by atoms with Gasteiger partial charge >= 0.3 is 0 Å². The molecule has 0 saturated heterocycles. The van der Waals surface area contributed by atoms with Crippen molar-refractivity contribution in [1.82, 2.24) is 10.3 Å². The van der Waals surface area contributed by atoms with Crippen molar-refractivity contribution in [3.8, 4) is 5.75 Å². The van der Waals surface area contributed by atoms with E-state index in [1.807, 2.05) is 43.5 Å². The van der Waals surface area contributed by atoms with Gasteiger partial charge < -0.3 is 15.2 Å². The molecule has 4 nitrogen and oxygen atoms in total. The number of nitrogens with zero attached hydrogens (tertiary/aromatic N) is 1. The van der Waals surface area contributed by atoms with E-state index in [1.165, 1.54) is 0 Å². The molecule has 1 unspecified atom stereocenters. The number of ether oxygens (including phenoxy) is 1. The highest BCUT2D eigenvalue weighted by Crippen LogP contribution is 2.23. The molecule has 0 aliphatic heterocycles. The maximum absolute atomic E-state index is 10.1. The number of methoxy groups -OCH3 is 1. The van der Waals surface area contributed by atoms with Crippen LogP contribution in [0.25, 0.3) is 10.9 Å². The van der Waals surface area contributed by atoms with E-state index in [0.29, 0.717) is 18.8 Å². The van der Waals surface area contributed by atoms with Crippen LogP contribution in [0, 0.1) is 0 Å². The third-order valence-electron chi connectivity index (χ3n) is 3.23. The summed E-state index contributed by atoms with van der Waals surface area (Å²) < 4.78 is 5.35. The van der Waals surface area contributed by atoms with Gasteiger partial charge in [0.25, 0.3) is 0 Å². The molecule has 114 valence electrons. The standard InChI is InChI=1S/C16H22N2O2S/c1-16(19,11-21-3)10-17-9-13-8-7-12-5-4-6-14(20-2)15(12)18-13/h4-8,17,19H,9-11H2,1-3H3. The lowest BCUT2D eigenvalue weighted by molar-refractivity contribution is 0.0845. The molecule has 2 aromatic rings. The first-order chi connectivity index (χ1) is 10.1. The molecule has 1 atom stereocenters. The SMILES string of the molecule is COc1cccc2ccc(CNCC(C)(O)CSC)nc12. The van der Waals surface area contributed by atoms with Crippen molar-refractivity contribution in [2.24, 2.45) is 0 Å².